The molecule has 2 fully saturated rings. The Balaban J connectivity index is 1.27. The maximum Gasteiger partial charge on any atom is 0.423 e. The molecule has 1 aliphatic heterocycles. The van der Waals surface area contributed by atoms with Gasteiger partial charge in [-0.25, -0.2) is 10.1 Å². The third-order valence-corrected chi connectivity index (χ3v) is 7.44. The minimum Gasteiger partial charge on any atom is -0.376 e. The highest BCUT2D eigenvalue weighted by Crippen LogP contribution is 2.36. The van der Waals surface area contributed by atoms with Gasteiger partial charge in [-0.3, -0.25) is 9.59 Å². The van der Waals surface area contributed by atoms with Gasteiger partial charge >= 0.3 is 6.18 Å². The molecule has 13 heteroatoms. The topological polar surface area (TPSA) is 118 Å². The van der Waals surface area contributed by atoms with Gasteiger partial charge < -0.3 is 19.4 Å². The second-order valence-electron chi connectivity index (χ2n) is 9.76. The van der Waals surface area contributed by atoms with Crippen molar-refractivity contribution in [1.29, 1.82) is 5.26 Å². The first-order chi connectivity index (χ1) is 18.7. The molecule has 0 aromatic carbocycles. The second kappa shape index (κ2) is 12.0. The van der Waals surface area contributed by atoms with E-state index in [1.165, 1.54) is 11.1 Å². The predicted molar refractivity (Wildman–Crippen MR) is 137 cm³/mol. The van der Waals surface area contributed by atoms with E-state index in [-0.39, 0.29) is 36.8 Å². The standard InChI is InChI=1S/C26H32F3N7O3/c1-3-19(36(4-2)21-15-32-33-24(37)23(21)26(27,28)29)16-39-20-11-18(12-20)25(38)35-9-7-34(8-10-35)22-6-5-17(13-30)14-31-22/h5-6,14-15,18-20H,3-4,7-12,16H2,1-2H3,(H,33,37)/t18-,19-,20+/m0/s1. The van der Waals surface area contributed by atoms with Gasteiger partial charge in [0.25, 0.3) is 5.56 Å². The molecular formula is C26H32F3N7O3. The molecule has 0 radical (unpaired) electrons. The summed E-state index contributed by atoms with van der Waals surface area (Å²) < 4.78 is 46.8. The van der Waals surface area contributed by atoms with E-state index in [9.17, 15) is 22.8 Å². The molecule has 39 heavy (non-hydrogen) atoms. The van der Waals surface area contributed by atoms with E-state index in [1.54, 1.807) is 13.0 Å². The quantitative estimate of drug-likeness (QED) is 0.509. The molecule has 4 rings (SSSR count). The van der Waals surface area contributed by atoms with E-state index < -0.39 is 23.3 Å². The number of carbonyl (C=O) groups excluding carboxylic acids is 1. The normalized spacial score (nSPS) is 20.2. The lowest BCUT2D eigenvalue weighted by Gasteiger charge is -2.42. The van der Waals surface area contributed by atoms with Crippen molar-refractivity contribution in [2.24, 2.45) is 5.92 Å². The molecule has 0 unspecified atom stereocenters. The molecule has 1 saturated carbocycles. The van der Waals surface area contributed by atoms with Crippen molar-refractivity contribution in [3.63, 3.8) is 0 Å². The van der Waals surface area contributed by atoms with Crippen LogP contribution in [-0.2, 0) is 15.7 Å². The summed E-state index contributed by atoms with van der Waals surface area (Å²) >= 11 is 0. The molecule has 2 aliphatic rings. The van der Waals surface area contributed by atoms with Crippen molar-refractivity contribution in [2.45, 2.75) is 51.4 Å². The molecule has 1 saturated heterocycles. The van der Waals surface area contributed by atoms with Gasteiger partial charge in [0.1, 0.15) is 17.5 Å². The fourth-order valence-corrected chi connectivity index (χ4v) is 5.14. The molecule has 3 heterocycles. The Morgan fingerprint density at radius 1 is 1.23 bits per heavy atom. The molecule has 210 valence electrons. The highest BCUT2D eigenvalue weighted by Gasteiger charge is 2.41. The summed E-state index contributed by atoms with van der Waals surface area (Å²) in [6.45, 7) is 6.46. The number of likely N-dealkylation sites (N-methyl/N-ethyl adjacent to an activating group) is 1. The number of carbonyl (C=O) groups is 1. The number of piperazine rings is 1. The van der Waals surface area contributed by atoms with Crippen LogP contribution in [0.4, 0.5) is 24.7 Å². The molecule has 0 spiro atoms. The number of nitrogens with zero attached hydrogens (tertiary/aromatic N) is 6. The van der Waals surface area contributed by atoms with Crippen molar-refractivity contribution < 1.29 is 22.7 Å². The van der Waals surface area contributed by atoms with Crippen molar-refractivity contribution >= 4 is 17.4 Å². The highest BCUT2D eigenvalue weighted by atomic mass is 19.4. The summed E-state index contributed by atoms with van der Waals surface area (Å²) in [5.41, 5.74) is -2.30. The van der Waals surface area contributed by atoms with Crippen molar-refractivity contribution in [1.82, 2.24) is 20.1 Å². The molecule has 2 aromatic rings. The summed E-state index contributed by atoms with van der Waals surface area (Å²) in [6, 6.07) is 5.19. The van der Waals surface area contributed by atoms with E-state index in [0.29, 0.717) is 51.0 Å². The molecule has 2 aromatic heterocycles. The average molecular weight is 548 g/mol. The highest BCUT2D eigenvalue weighted by molar-refractivity contribution is 5.80. The summed E-state index contributed by atoms with van der Waals surface area (Å²) in [6.07, 6.45) is -0.745. The van der Waals surface area contributed by atoms with Crippen LogP contribution in [0.5, 0.6) is 0 Å². The van der Waals surface area contributed by atoms with Gasteiger partial charge in [0.15, 0.2) is 0 Å². The molecule has 1 N–H and O–H groups in total. The Hall–Kier alpha value is -3.66. The van der Waals surface area contributed by atoms with Crippen LogP contribution >= 0.6 is 0 Å². The minimum atomic E-state index is -4.82. The molecule has 10 nitrogen and oxygen atoms in total. The zero-order valence-corrected chi connectivity index (χ0v) is 21.9. The largest absolute Gasteiger partial charge is 0.423 e. The smallest absolute Gasteiger partial charge is 0.376 e. The van der Waals surface area contributed by atoms with E-state index in [4.69, 9.17) is 10.00 Å². The third-order valence-electron chi connectivity index (χ3n) is 7.44. The fourth-order valence-electron chi connectivity index (χ4n) is 5.14. The maximum atomic E-state index is 13.6. The zero-order valence-electron chi connectivity index (χ0n) is 21.9. The first-order valence-corrected chi connectivity index (χ1v) is 13.1. The number of hydrogen-bond donors (Lipinski definition) is 1. The van der Waals surface area contributed by atoms with Crippen LogP contribution in [0, 0.1) is 17.2 Å². The first kappa shape index (κ1) is 28.4. The number of H-pyrrole nitrogens is 1. The number of pyridine rings is 1. The second-order valence-corrected chi connectivity index (χ2v) is 9.76. The van der Waals surface area contributed by atoms with E-state index in [0.717, 1.165) is 12.0 Å². The van der Waals surface area contributed by atoms with Crippen LogP contribution in [-0.4, -0.2) is 77.5 Å². The Labute approximate surface area is 224 Å². The van der Waals surface area contributed by atoms with Crippen LogP contribution in [0.1, 0.15) is 44.2 Å². The number of anilines is 2. The summed E-state index contributed by atoms with van der Waals surface area (Å²) in [4.78, 5) is 34.7. The number of halogens is 3. The summed E-state index contributed by atoms with van der Waals surface area (Å²) in [5, 5.41) is 14.4. The maximum absolute atomic E-state index is 13.6. The first-order valence-electron chi connectivity index (χ1n) is 13.1. The number of aromatic amines is 1. The molecule has 1 aliphatic carbocycles. The van der Waals surface area contributed by atoms with Gasteiger partial charge in [0.05, 0.1) is 36.2 Å². The zero-order chi connectivity index (χ0) is 28.2. The van der Waals surface area contributed by atoms with Gasteiger partial charge in [-0.05, 0) is 38.3 Å². The number of nitrogens with one attached hydrogen (secondary N) is 1. The van der Waals surface area contributed by atoms with E-state index in [1.807, 2.05) is 29.1 Å². The number of aromatic nitrogens is 3. The van der Waals surface area contributed by atoms with Gasteiger partial charge in [-0.2, -0.15) is 23.5 Å². The van der Waals surface area contributed by atoms with Crippen LogP contribution in [0.15, 0.2) is 29.3 Å². The molecule has 1 atom stereocenters. The average Bonchev–Trinajstić information content (AvgIpc) is 2.90. The van der Waals surface area contributed by atoms with E-state index >= 15 is 0 Å². The summed E-state index contributed by atoms with van der Waals surface area (Å²) in [7, 11) is 0. The lowest BCUT2D eigenvalue weighted by atomic mass is 9.81. The van der Waals surface area contributed by atoms with Gasteiger partial charge in [0.2, 0.25) is 5.91 Å². The van der Waals surface area contributed by atoms with Crippen LogP contribution in [0.3, 0.4) is 0 Å². The predicted octanol–water partition coefficient (Wildman–Crippen LogP) is 2.80. The monoisotopic (exact) mass is 547 g/mol. The van der Waals surface area contributed by atoms with Crippen LogP contribution in [0.2, 0.25) is 0 Å². The number of ether oxygens (including phenoxy) is 1. The number of amides is 1. The molecular weight excluding hydrogens is 515 g/mol. The summed E-state index contributed by atoms with van der Waals surface area (Å²) in [5.74, 6) is 0.739. The lowest BCUT2D eigenvalue weighted by molar-refractivity contribution is -0.145. The molecule has 0 bridgehead atoms. The number of nitriles is 1. The van der Waals surface area contributed by atoms with Gasteiger partial charge in [-0.1, -0.05) is 6.92 Å². The lowest BCUT2D eigenvalue weighted by Crippen LogP contribution is -2.53. The Morgan fingerprint density at radius 2 is 1.95 bits per heavy atom. The van der Waals surface area contributed by atoms with Crippen LogP contribution in [0.25, 0.3) is 0 Å². The number of alkyl halides is 3. The van der Waals surface area contributed by atoms with Crippen molar-refractivity contribution in [2.75, 3.05) is 49.1 Å². The fraction of sp³-hybridized carbons (Fsp3) is 0.577. The van der Waals surface area contributed by atoms with E-state index in [2.05, 4.69) is 15.0 Å². The minimum absolute atomic E-state index is 0.0916. The van der Waals surface area contributed by atoms with Gasteiger partial charge in [-0.15, -0.1) is 0 Å². The third kappa shape index (κ3) is 6.33. The Kier molecular flexibility index (Phi) is 8.74. The van der Waals surface area contributed by atoms with Crippen molar-refractivity contribution in [3.8, 4) is 6.07 Å². The Bertz CT molecular complexity index is 1230. The SMILES string of the molecule is CC[C@@H](CO[C@H]1C[C@@H](C(=O)N2CCN(c3ccc(C#N)cn3)CC2)C1)N(CC)c1cn[nH]c(=O)c1C(F)(F)F. The Morgan fingerprint density at radius 3 is 2.51 bits per heavy atom. The van der Waals surface area contributed by atoms with Crippen LogP contribution < -0.4 is 15.4 Å². The van der Waals surface area contributed by atoms with Gasteiger partial charge in [0, 0.05) is 44.8 Å². The number of rotatable bonds is 9. The molecule has 1 amide bonds. The van der Waals surface area contributed by atoms with Crippen molar-refractivity contribution in [3.05, 3.63) is 46.0 Å². The number of hydrogen-bond acceptors (Lipinski definition) is 8.